The molecule has 1 aliphatic heterocycles. The van der Waals surface area contributed by atoms with E-state index in [1.165, 1.54) is 7.11 Å². The van der Waals surface area contributed by atoms with E-state index in [1.54, 1.807) is 6.92 Å². The average molecular weight is 312 g/mol. The first-order valence-corrected chi connectivity index (χ1v) is 7.03. The predicted molar refractivity (Wildman–Crippen MR) is 85.9 cm³/mol. The lowest BCUT2D eigenvalue weighted by atomic mass is 9.82. The van der Waals surface area contributed by atoms with Crippen LogP contribution in [0.2, 0.25) is 0 Å². The Morgan fingerprint density at radius 3 is 2.65 bits per heavy atom. The summed E-state index contributed by atoms with van der Waals surface area (Å²) in [5.41, 5.74) is 7.33. The quantitative estimate of drug-likeness (QED) is 0.722. The molecule has 0 unspecified atom stereocenters. The highest BCUT2D eigenvalue weighted by Crippen LogP contribution is 2.39. The van der Waals surface area contributed by atoms with Gasteiger partial charge in [-0.05, 0) is 12.5 Å². The fourth-order valence-electron chi connectivity index (χ4n) is 2.83. The van der Waals surface area contributed by atoms with Gasteiger partial charge in [-0.25, -0.2) is 4.79 Å². The third-order valence-electron chi connectivity index (χ3n) is 3.80. The van der Waals surface area contributed by atoms with Gasteiger partial charge in [-0.3, -0.25) is 9.78 Å². The van der Waals surface area contributed by atoms with Crippen LogP contribution >= 0.6 is 0 Å². The zero-order valence-electron chi connectivity index (χ0n) is 12.7. The van der Waals surface area contributed by atoms with Gasteiger partial charge in [0.05, 0.1) is 24.2 Å². The van der Waals surface area contributed by atoms with Crippen LogP contribution in [0.15, 0.2) is 46.4 Å². The number of nitrogens with two attached hydrogens (primary N) is 1. The van der Waals surface area contributed by atoms with Crippen molar-refractivity contribution in [3.8, 4) is 0 Å². The fourth-order valence-corrected chi connectivity index (χ4v) is 2.83. The van der Waals surface area contributed by atoms with Crippen LogP contribution in [0.5, 0.6) is 0 Å². The molecule has 0 saturated heterocycles. The average Bonchev–Trinajstić information content (AvgIpc) is 2.53. The summed E-state index contributed by atoms with van der Waals surface area (Å²) in [6, 6.07) is 9.27. The van der Waals surface area contributed by atoms with Crippen LogP contribution in [-0.4, -0.2) is 23.0 Å². The van der Waals surface area contributed by atoms with E-state index in [2.05, 4.69) is 15.3 Å². The minimum absolute atomic E-state index is 0.0161. The van der Waals surface area contributed by atoms with Crippen LogP contribution in [0, 0.1) is 0 Å². The van der Waals surface area contributed by atoms with Crippen LogP contribution in [0.25, 0.3) is 0 Å². The molecule has 7 nitrogen and oxygen atoms in total. The van der Waals surface area contributed by atoms with E-state index in [0.717, 1.165) is 5.56 Å². The van der Waals surface area contributed by atoms with E-state index in [-0.39, 0.29) is 11.5 Å². The van der Waals surface area contributed by atoms with Crippen molar-refractivity contribution in [1.29, 1.82) is 0 Å². The number of fused-ring (bicyclic) bond motifs is 1. The number of aromatic nitrogens is 2. The van der Waals surface area contributed by atoms with Gasteiger partial charge in [0.2, 0.25) is 5.95 Å². The smallest absolute Gasteiger partial charge is 0.336 e. The number of ether oxygens (including phenoxy) is 1. The lowest BCUT2D eigenvalue weighted by Crippen LogP contribution is -2.31. The van der Waals surface area contributed by atoms with Crippen molar-refractivity contribution in [2.75, 3.05) is 18.2 Å². The summed E-state index contributed by atoms with van der Waals surface area (Å²) in [4.78, 5) is 31.3. The standard InChI is InChI=1S/C16H16N4O3/c1-8-10(15(22)23-2)11(9-6-4-3-5-7-9)12-13(18-8)19-16(17)20-14(12)21/h3-7,11H,1-2H3,(H4,17,18,19,20,21)/t11-/m1/s1. The van der Waals surface area contributed by atoms with Crippen molar-refractivity contribution in [2.24, 2.45) is 0 Å². The number of nitrogen functional groups attached to an aromatic ring is 1. The van der Waals surface area contributed by atoms with Crippen molar-refractivity contribution in [3.05, 3.63) is 63.1 Å². The van der Waals surface area contributed by atoms with Gasteiger partial charge in [-0.2, -0.15) is 4.98 Å². The number of nitrogens with one attached hydrogen (secondary N) is 2. The van der Waals surface area contributed by atoms with Crippen molar-refractivity contribution in [3.63, 3.8) is 0 Å². The Bertz CT molecular complexity index is 855. The Morgan fingerprint density at radius 2 is 2.00 bits per heavy atom. The molecule has 0 aliphatic carbocycles. The largest absolute Gasteiger partial charge is 0.466 e. The van der Waals surface area contributed by atoms with Crippen LogP contribution in [0.3, 0.4) is 0 Å². The molecule has 1 aromatic carbocycles. The van der Waals surface area contributed by atoms with E-state index in [9.17, 15) is 9.59 Å². The molecule has 1 aromatic heterocycles. The number of anilines is 2. The van der Waals surface area contributed by atoms with Crippen LogP contribution < -0.4 is 16.6 Å². The maximum absolute atomic E-state index is 12.4. The predicted octanol–water partition coefficient (Wildman–Crippen LogP) is 1.36. The Kier molecular flexibility index (Phi) is 3.61. The molecule has 0 radical (unpaired) electrons. The molecule has 0 spiro atoms. The van der Waals surface area contributed by atoms with E-state index in [1.807, 2.05) is 30.3 Å². The van der Waals surface area contributed by atoms with E-state index in [4.69, 9.17) is 10.5 Å². The van der Waals surface area contributed by atoms with Gasteiger partial charge in [0, 0.05) is 5.70 Å². The van der Waals surface area contributed by atoms with Gasteiger partial charge < -0.3 is 15.8 Å². The number of methoxy groups -OCH3 is 1. The number of esters is 1. The number of H-pyrrole nitrogens is 1. The number of aromatic amines is 1. The third-order valence-corrected chi connectivity index (χ3v) is 3.80. The molecule has 0 bridgehead atoms. The summed E-state index contributed by atoms with van der Waals surface area (Å²) in [6.07, 6.45) is 0. The molecule has 0 saturated carbocycles. The summed E-state index contributed by atoms with van der Waals surface area (Å²) in [6.45, 7) is 1.74. The van der Waals surface area contributed by atoms with Crippen molar-refractivity contribution in [2.45, 2.75) is 12.8 Å². The molecule has 1 atom stereocenters. The molecule has 4 N–H and O–H groups in total. The Balaban J connectivity index is 2.31. The summed E-state index contributed by atoms with van der Waals surface area (Å²) >= 11 is 0. The normalized spacial score (nSPS) is 16.5. The van der Waals surface area contributed by atoms with Crippen molar-refractivity contribution < 1.29 is 9.53 Å². The van der Waals surface area contributed by atoms with Crippen LogP contribution in [0.1, 0.15) is 24.0 Å². The van der Waals surface area contributed by atoms with Crippen LogP contribution in [-0.2, 0) is 9.53 Å². The monoisotopic (exact) mass is 312 g/mol. The van der Waals surface area contributed by atoms with E-state index < -0.39 is 11.9 Å². The highest BCUT2D eigenvalue weighted by molar-refractivity contribution is 5.94. The zero-order valence-corrected chi connectivity index (χ0v) is 12.7. The summed E-state index contributed by atoms with van der Waals surface area (Å²) in [7, 11) is 1.31. The molecule has 23 heavy (non-hydrogen) atoms. The fraction of sp³-hybridized carbons (Fsp3) is 0.188. The number of nitrogens with zero attached hydrogens (tertiary/aromatic N) is 1. The summed E-state index contributed by atoms with van der Waals surface area (Å²) in [5.74, 6) is -0.699. The minimum atomic E-state index is -0.572. The highest BCUT2D eigenvalue weighted by atomic mass is 16.5. The van der Waals surface area contributed by atoms with Crippen molar-refractivity contribution in [1.82, 2.24) is 9.97 Å². The highest BCUT2D eigenvalue weighted by Gasteiger charge is 2.35. The topological polar surface area (TPSA) is 110 Å². The van der Waals surface area contributed by atoms with Crippen molar-refractivity contribution >= 4 is 17.7 Å². The van der Waals surface area contributed by atoms with Gasteiger partial charge in [-0.1, -0.05) is 30.3 Å². The molecule has 0 amide bonds. The maximum atomic E-state index is 12.4. The van der Waals surface area contributed by atoms with E-state index in [0.29, 0.717) is 22.7 Å². The zero-order chi connectivity index (χ0) is 16.6. The number of rotatable bonds is 2. The number of allylic oxidation sites excluding steroid dienone is 1. The Morgan fingerprint density at radius 1 is 1.30 bits per heavy atom. The summed E-state index contributed by atoms with van der Waals surface area (Å²) < 4.78 is 4.90. The summed E-state index contributed by atoms with van der Waals surface area (Å²) in [5, 5.41) is 2.97. The molecular formula is C16H16N4O3. The second-order valence-electron chi connectivity index (χ2n) is 5.21. The molecule has 7 heteroatoms. The minimum Gasteiger partial charge on any atom is -0.466 e. The van der Waals surface area contributed by atoms with Gasteiger partial charge in [0.25, 0.3) is 5.56 Å². The third kappa shape index (κ3) is 2.46. The van der Waals surface area contributed by atoms with Crippen LogP contribution in [0.4, 0.5) is 11.8 Å². The maximum Gasteiger partial charge on any atom is 0.336 e. The molecule has 2 heterocycles. The number of carbonyl (C=O) groups excluding carboxylic acids is 1. The van der Waals surface area contributed by atoms with Gasteiger partial charge in [-0.15, -0.1) is 0 Å². The first-order valence-electron chi connectivity index (χ1n) is 7.03. The first kappa shape index (κ1) is 14.8. The molecule has 2 aromatic rings. The van der Waals surface area contributed by atoms with Gasteiger partial charge >= 0.3 is 5.97 Å². The Labute approximate surface area is 132 Å². The first-order chi connectivity index (χ1) is 11.0. The second kappa shape index (κ2) is 5.60. The number of benzene rings is 1. The number of hydrogen-bond acceptors (Lipinski definition) is 6. The Hall–Kier alpha value is -3.09. The molecule has 118 valence electrons. The molecule has 0 fully saturated rings. The number of carbonyl (C=O) groups is 1. The lowest BCUT2D eigenvalue weighted by Gasteiger charge is -2.28. The molecule has 1 aliphatic rings. The van der Waals surface area contributed by atoms with E-state index >= 15 is 0 Å². The van der Waals surface area contributed by atoms with Gasteiger partial charge in [0.1, 0.15) is 5.82 Å². The second-order valence-corrected chi connectivity index (χ2v) is 5.21. The molecular weight excluding hydrogens is 296 g/mol. The SMILES string of the molecule is COC(=O)C1=C(C)Nc2nc(N)[nH]c(=O)c2[C@@H]1c1ccccc1. The molecule has 3 rings (SSSR count). The lowest BCUT2D eigenvalue weighted by molar-refractivity contribution is -0.136. The number of hydrogen-bond donors (Lipinski definition) is 3. The van der Waals surface area contributed by atoms with Gasteiger partial charge in [0.15, 0.2) is 0 Å².